The summed E-state index contributed by atoms with van der Waals surface area (Å²) >= 11 is 1.83. The summed E-state index contributed by atoms with van der Waals surface area (Å²) in [6.07, 6.45) is 2.54. The molecule has 100 valence electrons. The predicted octanol–water partition coefficient (Wildman–Crippen LogP) is 3.09. The van der Waals surface area contributed by atoms with Crippen LogP contribution in [0.1, 0.15) is 54.1 Å². The minimum Gasteiger partial charge on any atom is -0.477 e. The van der Waals surface area contributed by atoms with Gasteiger partial charge in [-0.2, -0.15) is 11.8 Å². The Kier molecular flexibility index (Phi) is 5.47. The Morgan fingerprint density at radius 2 is 2.17 bits per heavy atom. The van der Waals surface area contributed by atoms with Crippen molar-refractivity contribution in [3.63, 3.8) is 0 Å². The van der Waals surface area contributed by atoms with Crippen molar-refractivity contribution in [2.24, 2.45) is 0 Å². The summed E-state index contributed by atoms with van der Waals surface area (Å²) in [6, 6.07) is 1.54. The van der Waals surface area contributed by atoms with Gasteiger partial charge < -0.3 is 9.67 Å². The molecule has 1 N–H and O–H groups in total. The number of nitrogens with zero attached hydrogens (tertiary/aromatic N) is 1. The molecule has 1 rings (SSSR count). The van der Waals surface area contributed by atoms with E-state index >= 15 is 0 Å². The van der Waals surface area contributed by atoms with Crippen molar-refractivity contribution in [1.29, 1.82) is 0 Å². The Labute approximate surface area is 111 Å². The lowest BCUT2D eigenvalue weighted by atomic mass is 10.2. The number of hydrogen-bond donors (Lipinski definition) is 1. The summed E-state index contributed by atoms with van der Waals surface area (Å²) in [5.41, 5.74) is 0.650. The van der Waals surface area contributed by atoms with Crippen LogP contribution in [-0.4, -0.2) is 32.9 Å². The second-order valence-electron chi connectivity index (χ2n) is 4.22. The molecule has 0 aromatic carbocycles. The van der Waals surface area contributed by atoms with Crippen LogP contribution in [0.25, 0.3) is 0 Å². The minimum absolute atomic E-state index is 0.0863. The van der Waals surface area contributed by atoms with Gasteiger partial charge in [-0.15, -0.1) is 0 Å². The van der Waals surface area contributed by atoms with Crippen LogP contribution in [0.5, 0.6) is 0 Å². The topological polar surface area (TPSA) is 59.3 Å². The second kappa shape index (κ2) is 6.64. The molecule has 0 fully saturated rings. The van der Waals surface area contributed by atoms with Gasteiger partial charge in [-0.3, -0.25) is 4.79 Å². The number of carboxylic acids is 1. The maximum absolute atomic E-state index is 11.3. The van der Waals surface area contributed by atoms with E-state index in [4.69, 9.17) is 5.11 Å². The molecule has 0 aliphatic heterocycles. The first-order valence-corrected chi connectivity index (χ1v) is 7.16. The molecule has 1 heterocycles. The normalized spacial score (nSPS) is 12.4. The van der Waals surface area contributed by atoms with E-state index in [1.807, 2.05) is 18.7 Å². The smallest absolute Gasteiger partial charge is 0.352 e. The van der Waals surface area contributed by atoms with Gasteiger partial charge in [0.15, 0.2) is 5.78 Å². The van der Waals surface area contributed by atoms with E-state index in [-0.39, 0.29) is 17.5 Å². The summed E-state index contributed by atoms with van der Waals surface area (Å²) in [5.74, 6) is 0.955. The standard InChI is InChI=1S/C13H19NO3S/c1-4-18-6-5-9(2)14-8-11(10(3)15)7-12(14)13(16)17/h7-9H,4-6H2,1-3H3,(H,16,17). The van der Waals surface area contributed by atoms with Crippen molar-refractivity contribution >= 4 is 23.5 Å². The fourth-order valence-electron chi connectivity index (χ4n) is 1.75. The Balaban J connectivity index is 2.91. The molecule has 0 radical (unpaired) electrons. The van der Waals surface area contributed by atoms with E-state index in [0.717, 1.165) is 17.9 Å². The van der Waals surface area contributed by atoms with Gasteiger partial charge in [0, 0.05) is 17.8 Å². The largest absolute Gasteiger partial charge is 0.477 e. The third kappa shape index (κ3) is 3.63. The number of carbonyl (C=O) groups is 2. The van der Waals surface area contributed by atoms with Crippen LogP contribution in [0.3, 0.4) is 0 Å². The third-order valence-corrected chi connectivity index (χ3v) is 3.77. The van der Waals surface area contributed by atoms with Crippen LogP contribution >= 0.6 is 11.8 Å². The Hall–Kier alpha value is -1.23. The van der Waals surface area contributed by atoms with Crippen molar-refractivity contribution in [2.75, 3.05) is 11.5 Å². The third-order valence-electron chi connectivity index (χ3n) is 2.83. The molecule has 1 unspecified atom stereocenters. The molecule has 1 aromatic heterocycles. The summed E-state index contributed by atoms with van der Waals surface area (Å²) in [5, 5.41) is 9.14. The second-order valence-corrected chi connectivity index (χ2v) is 5.61. The van der Waals surface area contributed by atoms with Gasteiger partial charge in [0.05, 0.1) is 0 Å². The number of thioether (sulfide) groups is 1. The molecule has 0 aliphatic carbocycles. The summed E-state index contributed by atoms with van der Waals surface area (Å²) < 4.78 is 1.69. The van der Waals surface area contributed by atoms with Gasteiger partial charge in [0.25, 0.3) is 0 Å². The fourth-order valence-corrected chi connectivity index (χ4v) is 2.54. The number of carboxylic acid groups (broad SMARTS) is 1. The minimum atomic E-state index is -0.988. The van der Waals surface area contributed by atoms with Gasteiger partial charge in [0.1, 0.15) is 5.69 Å². The molecule has 4 nitrogen and oxygen atoms in total. The average molecular weight is 269 g/mol. The number of carbonyl (C=O) groups excluding carboxylic acids is 1. The van der Waals surface area contributed by atoms with Crippen molar-refractivity contribution in [2.45, 2.75) is 33.2 Å². The number of aromatic carboxylic acids is 1. The van der Waals surface area contributed by atoms with E-state index in [2.05, 4.69) is 6.92 Å². The zero-order chi connectivity index (χ0) is 13.7. The molecule has 0 saturated carbocycles. The van der Waals surface area contributed by atoms with Crippen molar-refractivity contribution in [1.82, 2.24) is 4.57 Å². The van der Waals surface area contributed by atoms with Crippen LogP contribution in [-0.2, 0) is 0 Å². The van der Waals surface area contributed by atoms with Crippen LogP contribution in [0.15, 0.2) is 12.3 Å². The van der Waals surface area contributed by atoms with Crippen LogP contribution < -0.4 is 0 Å². The lowest BCUT2D eigenvalue weighted by Crippen LogP contribution is -2.12. The summed E-state index contributed by atoms with van der Waals surface area (Å²) in [7, 11) is 0. The molecule has 0 spiro atoms. The number of rotatable bonds is 7. The fraction of sp³-hybridized carbons (Fsp3) is 0.538. The SMILES string of the molecule is CCSCCC(C)n1cc(C(C)=O)cc1C(=O)O. The number of ketones is 1. The molecule has 0 saturated heterocycles. The van der Waals surface area contributed by atoms with Crippen LogP contribution in [0.4, 0.5) is 0 Å². The van der Waals surface area contributed by atoms with E-state index in [1.165, 1.54) is 13.0 Å². The number of hydrogen-bond acceptors (Lipinski definition) is 3. The quantitative estimate of drug-likeness (QED) is 0.610. The highest BCUT2D eigenvalue weighted by Crippen LogP contribution is 2.20. The Morgan fingerprint density at radius 1 is 1.50 bits per heavy atom. The lowest BCUT2D eigenvalue weighted by Gasteiger charge is -2.15. The van der Waals surface area contributed by atoms with E-state index < -0.39 is 5.97 Å². The maximum atomic E-state index is 11.3. The maximum Gasteiger partial charge on any atom is 0.352 e. The average Bonchev–Trinajstić information content (AvgIpc) is 2.74. The highest BCUT2D eigenvalue weighted by atomic mass is 32.2. The Bertz CT molecular complexity index is 439. The van der Waals surface area contributed by atoms with Crippen molar-refractivity contribution in [3.8, 4) is 0 Å². The van der Waals surface area contributed by atoms with Gasteiger partial charge in [-0.25, -0.2) is 4.79 Å². The molecule has 18 heavy (non-hydrogen) atoms. The molecule has 0 bridgehead atoms. The molecule has 1 aromatic rings. The molecule has 0 amide bonds. The molecule has 5 heteroatoms. The highest BCUT2D eigenvalue weighted by molar-refractivity contribution is 7.99. The first kappa shape index (κ1) is 14.8. The highest BCUT2D eigenvalue weighted by Gasteiger charge is 2.18. The van der Waals surface area contributed by atoms with Gasteiger partial charge in [0.2, 0.25) is 0 Å². The number of aromatic nitrogens is 1. The first-order chi connectivity index (χ1) is 8.47. The zero-order valence-corrected chi connectivity index (χ0v) is 11.8. The summed E-state index contributed by atoms with van der Waals surface area (Å²) in [4.78, 5) is 22.5. The van der Waals surface area contributed by atoms with Gasteiger partial charge in [-0.05, 0) is 37.8 Å². The molecule has 0 aliphatic rings. The van der Waals surface area contributed by atoms with Gasteiger partial charge in [-0.1, -0.05) is 6.92 Å². The van der Waals surface area contributed by atoms with Crippen molar-refractivity contribution < 1.29 is 14.7 Å². The van der Waals surface area contributed by atoms with Crippen LogP contribution in [0.2, 0.25) is 0 Å². The summed E-state index contributed by atoms with van der Waals surface area (Å²) in [6.45, 7) is 5.52. The monoisotopic (exact) mass is 269 g/mol. The Morgan fingerprint density at radius 3 is 2.67 bits per heavy atom. The molecule has 1 atom stereocenters. The number of Topliss-reactive ketones (excluding diaryl/α,β-unsaturated/α-hetero) is 1. The zero-order valence-electron chi connectivity index (χ0n) is 11.0. The van der Waals surface area contributed by atoms with E-state index in [9.17, 15) is 9.59 Å². The van der Waals surface area contributed by atoms with E-state index in [1.54, 1.807) is 10.8 Å². The predicted molar refractivity (Wildman–Crippen MR) is 73.7 cm³/mol. The molecular weight excluding hydrogens is 250 g/mol. The van der Waals surface area contributed by atoms with Crippen LogP contribution in [0, 0.1) is 0 Å². The molecular formula is C13H19NO3S. The lowest BCUT2D eigenvalue weighted by molar-refractivity contribution is 0.0682. The first-order valence-electron chi connectivity index (χ1n) is 6.01. The van der Waals surface area contributed by atoms with Gasteiger partial charge >= 0.3 is 5.97 Å². The van der Waals surface area contributed by atoms with E-state index in [0.29, 0.717) is 5.56 Å². The van der Waals surface area contributed by atoms with Crippen molar-refractivity contribution in [3.05, 3.63) is 23.5 Å².